The second-order valence-electron chi connectivity index (χ2n) is 10.9. The first kappa shape index (κ1) is 26.6. The lowest BCUT2D eigenvalue weighted by molar-refractivity contribution is -0.122. The predicted molar refractivity (Wildman–Crippen MR) is 159 cm³/mol. The van der Waals surface area contributed by atoms with Crippen LogP contribution in [0.3, 0.4) is 0 Å². The fourth-order valence-electron chi connectivity index (χ4n) is 6.96. The summed E-state index contributed by atoms with van der Waals surface area (Å²) in [7, 11) is 0. The molecule has 1 N–H and O–H groups in total. The highest BCUT2D eigenvalue weighted by molar-refractivity contribution is 6.23. The summed E-state index contributed by atoms with van der Waals surface area (Å²) in [5.41, 5.74) is 5.28. The number of carbonyl (C=O) groups excluding carboxylic acids is 4. The number of anilines is 2. The summed E-state index contributed by atoms with van der Waals surface area (Å²) in [4.78, 5) is 54.8. The minimum Gasteiger partial charge on any atom is -0.492 e. The maximum absolute atomic E-state index is 14.0. The predicted octanol–water partition coefficient (Wildman–Crippen LogP) is 5.28. The summed E-state index contributed by atoms with van der Waals surface area (Å²) < 4.78 is 10.8. The molecule has 0 unspecified atom stereocenters. The quantitative estimate of drug-likeness (QED) is 0.239. The van der Waals surface area contributed by atoms with E-state index in [0.717, 1.165) is 22.3 Å². The summed E-state index contributed by atoms with van der Waals surface area (Å²) in [6, 6.07) is 29.4. The first-order valence-electron chi connectivity index (χ1n) is 14.3. The van der Waals surface area contributed by atoms with Gasteiger partial charge in [0.2, 0.25) is 11.8 Å². The molecule has 4 aromatic carbocycles. The summed E-state index contributed by atoms with van der Waals surface area (Å²) in [6.07, 6.45) is 0. The van der Waals surface area contributed by atoms with E-state index in [4.69, 9.17) is 9.47 Å². The maximum Gasteiger partial charge on any atom is 0.338 e. The van der Waals surface area contributed by atoms with Crippen molar-refractivity contribution in [2.75, 3.05) is 23.4 Å². The zero-order valence-electron chi connectivity index (χ0n) is 23.4. The number of esters is 1. The van der Waals surface area contributed by atoms with Gasteiger partial charge in [0.05, 0.1) is 35.4 Å². The molecule has 0 aromatic heterocycles. The van der Waals surface area contributed by atoms with E-state index in [2.05, 4.69) is 29.6 Å². The van der Waals surface area contributed by atoms with Gasteiger partial charge in [0.15, 0.2) is 6.61 Å². The fourth-order valence-corrected chi connectivity index (χ4v) is 6.96. The van der Waals surface area contributed by atoms with E-state index >= 15 is 0 Å². The molecule has 0 spiro atoms. The van der Waals surface area contributed by atoms with Crippen LogP contribution < -0.4 is 15.0 Å². The number of nitrogens with one attached hydrogen (secondary N) is 1. The smallest absolute Gasteiger partial charge is 0.338 e. The zero-order chi connectivity index (χ0) is 29.7. The van der Waals surface area contributed by atoms with Crippen molar-refractivity contribution in [3.05, 3.63) is 125 Å². The lowest BCUT2D eigenvalue weighted by Gasteiger charge is -2.45. The van der Waals surface area contributed by atoms with Gasteiger partial charge < -0.3 is 14.8 Å². The third-order valence-electron chi connectivity index (χ3n) is 8.58. The highest BCUT2D eigenvalue weighted by Crippen LogP contribution is 2.61. The van der Waals surface area contributed by atoms with E-state index in [9.17, 15) is 19.2 Å². The summed E-state index contributed by atoms with van der Waals surface area (Å²) in [6.45, 7) is 1.76. The molecule has 4 aromatic rings. The Morgan fingerprint density at radius 3 is 1.88 bits per heavy atom. The van der Waals surface area contributed by atoms with Crippen LogP contribution >= 0.6 is 0 Å². The van der Waals surface area contributed by atoms with Gasteiger partial charge in [-0.25, -0.2) is 9.69 Å². The Kier molecular flexibility index (Phi) is 6.54. The Morgan fingerprint density at radius 2 is 1.30 bits per heavy atom. The SMILES string of the molecule is CCOc1ccccc1NC(=O)COC(=O)c1cccc(N2C(=O)[C@@H]3C4c5ccccc5C(c5ccccc54)[C@@H]3C2=O)c1. The second kappa shape index (κ2) is 10.5. The molecular formula is C35H28N2O6. The molecule has 4 aliphatic rings. The Morgan fingerprint density at radius 1 is 0.744 bits per heavy atom. The molecule has 1 aliphatic heterocycles. The average Bonchev–Trinajstić information content (AvgIpc) is 3.31. The van der Waals surface area contributed by atoms with Gasteiger partial charge in [-0.2, -0.15) is 0 Å². The Bertz CT molecular complexity index is 1680. The fraction of sp³-hybridized carbons (Fsp3) is 0.200. The summed E-state index contributed by atoms with van der Waals surface area (Å²) >= 11 is 0. The molecule has 1 fully saturated rings. The highest BCUT2D eigenvalue weighted by atomic mass is 16.5. The molecule has 1 saturated heterocycles. The van der Waals surface area contributed by atoms with Crippen LogP contribution in [-0.4, -0.2) is 36.9 Å². The molecule has 43 heavy (non-hydrogen) atoms. The second-order valence-corrected chi connectivity index (χ2v) is 10.9. The number of imide groups is 1. The van der Waals surface area contributed by atoms with Crippen LogP contribution in [0.25, 0.3) is 0 Å². The molecule has 2 bridgehead atoms. The molecular weight excluding hydrogens is 544 g/mol. The molecule has 214 valence electrons. The normalized spacial score (nSPS) is 21.1. The number of hydrogen-bond donors (Lipinski definition) is 1. The molecule has 1 heterocycles. The molecule has 8 rings (SSSR count). The van der Waals surface area contributed by atoms with Crippen molar-refractivity contribution in [3.8, 4) is 5.75 Å². The topological polar surface area (TPSA) is 102 Å². The molecule has 0 saturated carbocycles. The van der Waals surface area contributed by atoms with E-state index in [1.54, 1.807) is 36.4 Å². The van der Waals surface area contributed by atoms with Crippen LogP contribution in [0.2, 0.25) is 0 Å². The molecule has 8 nitrogen and oxygen atoms in total. The number of amides is 3. The largest absolute Gasteiger partial charge is 0.492 e. The average molecular weight is 573 g/mol. The third kappa shape index (κ3) is 4.29. The number of carbonyl (C=O) groups is 4. The van der Waals surface area contributed by atoms with Crippen molar-refractivity contribution in [1.29, 1.82) is 0 Å². The van der Waals surface area contributed by atoms with Gasteiger partial charge in [0.1, 0.15) is 5.75 Å². The first-order chi connectivity index (χ1) is 21.0. The highest BCUT2D eigenvalue weighted by Gasteiger charge is 2.61. The lowest BCUT2D eigenvalue weighted by atomic mass is 9.55. The summed E-state index contributed by atoms with van der Waals surface area (Å²) in [5, 5.41) is 2.69. The number of hydrogen-bond acceptors (Lipinski definition) is 6. The van der Waals surface area contributed by atoms with E-state index in [0.29, 0.717) is 23.7 Å². The molecule has 0 radical (unpaired) electrons. The van der Waals surface area contributed by atoms with Crippen molar-refractivity contribution < 1.29 is 28.7 Å². The first-order valence-corrected chi connectivity index (χ1v) is 14.3. The van der Waals surface area contributed by atoms with Crippen molar-refractivity contribution in [2.24, 2.45) is 11.8 Å². The number of ether oxygens (including phenoxy) is 2. The zero-order valence-corrected chi connectivity index (χ0v) is 23.4. The monoisotopic (exact) mass is 572 g/mol. The van der Waals surface area contributed by atoms with Gasteiger partial charge in [0.25, 0.3) is 5.91 Å². The molecule has 8 heteroatoms. The van der Waals surface area contributed by atoms with E-state index in [1.165, 1.54) is 17.0 Å². The van der Waals surface area contributed by atoms with Crippen molar-refractivity contribution in [1.82, 2.24) is 0 Å². The molecule has 3 amide bonds. The minimum absolute atomic E-state index is 0.130. The van der Waals surface area contributed by atoms with Crippen molar-refractivity contribution in [3.63, 3.8) is 0 Å². The van der Waals surface area contributed by atoms with Gasteiger partial charge in [-0.15, -0.1) is 0 Å². The van der Waals surface area contributed by atoms with E-state index in [-0.39, 0.29) is 29.2 Å². The molecule has 3 aliphatic carbocycles. The number of para-hydroxylation sites is 2. The van der Waals surface area contributed by atoms with E-state index < -0.39 is 30.3 Å². The van der Waals surface area contributed by atoms with Crippen LogP contribution in [0.5, 0.6) is 5.75 Å². The molecule has 2 atom stereocenters. The van der Waals surface area contributed by atoms with E-state index in [1.807, 2.05) is 31.2 Å². The van der Waals surface area contributed by atoms with Crippen LogP contribution in [0.1, 0.15) is 51.4 Å². The van der Waals surface area contributed by atoms with Crippen LogP contribution in [0, 0.1) is 11.8 Å². The number of nitrogens with zero attached hydrogens (tertiary/aromatic N) is 1. The van der Waals surface area contributed by atoms with Crippen LogP contribution in [0.15, 0.2) is 97.1 Å². The van der Waals surface area contributed by atoms with Gasteiger partial charge in [0, 0.05) is 11.8 Å². The minimum atomic E-state index is -0.744. The van der Waals surface area contributed by atoms with Gasteiger partial charge in [-0.1, -0.05) is 66.7 Å². The summed E-state index contributed by atoms with van der Waals surface area (Å²) in [5.74, 6) is -2.79. The Labute approximate surface area is 248 Å². The number of benzene rings is 4. The maximum atomic E-state index is 14.0. The van der Waals surface area contributed by atoms with Gasteiger partial charge in [-0.3, -0.25) is 14.4 Å². The van der Waals surface area contributed by atoms with Crippen molar-refractivity contribution >= 4 is 35.1 Å². The number of rotatable bonds is 7. The van der Waals surface area contributed by atoms with Crippen LogP contribution in [0.4, 0.5) is 11.4 Å². The Hall–Kier alpha value is -5.24. The van der Waals surface area contributed by atoms with Gasteiger partial charge >= 0.3 is 5.97 Å². The Balaban J connectivity index is 1.11. The van der Waals surface area contributed by atoms with Crippen LogP contribution in [-0.2, 0) is 19.1 Å². The van der Waals surface area contributed by atoms with Crippen molar-refractivity contribution in [2.45, 2.75) is 18.8 Å². The third-order valence-corrected chi connectivity index (χ3v) is 8.58. The lowest BCUT2D eigenvalue weighted by Crippen LogP contribution is -2.41. The standard InChI is InChI=1S/C35H28N2O6/c1-2-42-27-17-8-7-16-26(27)36-28(38)19-43-35(41)20-10-9-11-21(18-20)37-33(39)31-29-22-12-3-4-13-23(22)30(32(31)34(37)40)25-15-6-5-14-24(25)29/h3-18,29-32H,2,19H2,1H3,(H,36,38)/t29?,30?,31-,32+. The van der Waals surface area contributed by atoms with Gasteiger partial charge in [-0.05, 0) is 59.5 Å².